The number of nitriles is 1. The summed E-state index contributed by atoms with van der Waals surface area (Å²) in [7, 11) is 0. The van der Waals surface area contributed by atoms with Crippen LogP contribution in [0, 0.1) is 47.1 Å². The molecule has 2 heterocycles. The van der Waals surface area contributed by atoms with Gasteiger partial charge in [-0.05, 0) is 56.4 Å². The zero-order valence-corrected chi connectivity index (χ0v) is 15.1. The van der Waals surface area contributed by atoms with Gasteiger partial charge in [-0.1, -0.05) is 5.22 Å². The van der Waals surface area contributed by atoms with Gasteiger partial charge in [0, 0.05) is 18.7 Å². The number of piperidine rings is 1. The lowest BCUT2D eigenvalue weighted by Gasteiger charge is -2.28. The molecule has 2 atom stereocenters. The number of anilines is 1. The first-order valence-corrected chi connectivity index (χ1v) is 9.07. The fraction of sp³-hybridized carbons (Fsp3) is 0.611. The predicted molar refractivity (Wildman–Crippen MR) is 97.0 cm³/mol. The maximum atomic E-state index is 8.93. The normalized spacial score (nSPS) is 22.4. The number of hydrogen-bond donors (Lipinski definition) is 2. The highest BCUT2D eigenvalue weighted by Gasteiger charge is 2.43. The van der Waals surface area contributed by atoms with Gasteiger partial charge in [-0.2, -0.15) is 10.8 Å². The zero-order chi connectivity index (χ0) is 18.5. The fourth-order valence-corrected chi connectivity index (χ4v) is 3.90. The molecule has 0 spiro atoms. The summed E-state index contributed by atoms with van der Waals surface area (Å²) in [6, 6.07) is 1.81. The largest absolute Gasteiger partial charge is 0.477 e. The molecule has 138 valence electrons. The molecule has 0 aromatic carbocycles. The Kier molecular flexibility index (Phi) is 5.66. The van der Waals surface area contributed by atoms with Crippen LogP contribution in [0.5, 0.6) is 5.88 Å². The van der Waals surface area contributed by atoms with E-state index in [4.69, 9.17) is 20.9 Å². The predicted octanol–water partition coefficient (Wildman–Crippen LogP) is 3.35. The number of ether oxygens (including phenoxy) is 1. The van der Waals surface area contributed by atoms with Crippen molar-refractivity contribution in [1.29, 1.82) is 16.2 Å². The molecule has 1 saturated heterocycles. The number of hydrogen-bond acceptors (Lipinski definition) is 7. The highest BCUT2D eigenvalue weighted by molar-refractivity contribution is 5.75. The van der Waals surface area contributed by atoms with Gasteiger partial charge in [0.05, 0.1) is 18.5 Å². The number of aryl methyl sites for hydroxylation is 1. The van der Waals surface area contributed by atoms with E-state index in [1.807, 2.05) is 17.9 Å². The molecule has 0 bridgehead atoms. The quantitative estimate of drug-likeness (QED) is 0.244. The molecule has 8 nitrogen and oxygen atoms in total. The maximum absolute atomic E-state index is 8.93. The van der Waals surface area contributed by atoms with Crippen molar-refractivity contribution in [1.82, 2.24) is 9.88 Å². The van der Waals surface area contributed by atoms with Gasteiger partial charge < -0.3 is 9.64 Å². The number of aromatic nitrogens is 1. The second-order valence-electron chi connectivity index (χ2n) is 7.11. The van der Waals surface area contributed by atoms with Gasteiger partial charge in [-0.3, -0.25) is 5.41 Å². The lowest BCUT2D eigenvalue weighted by atomic mass is 9.91. The average Bonchev–Trinajstić information content (AvgIpc) is 3.44. The van der Waals surface area contributed by atoms with E-state index in [0.717, 1.165) is 67.0 Å². The maximum Gasteiger partial charge on any atom is 0.216 e. The summed E-state index contributed by atoms with van der Waals surface area (Å²) >= 11 is 0. The Morgan fingerprint density at radius 1 is 1.50 bits per heavy atom. The van der Waals surface area contributed by atoms with E-state index in [1.165, 1.54) is 6.42 Å². The molecule has 1 saturated carbocycles. The minimum absolute atomic E-state index is 0.575. The molecule has 1 aromatic rings. The minimum Gasteiger partial charge on any atom is -0.477 e. The third-order valence-electron chi connectivity index (χ3n) is 5.50. The van der Waals surface area contributed by atoms with Crippen molar-refractivity contribution in [3.63, 3.8) is 0 Å². The van der Waals surface area contributed by atoms with Gasteiger partial charge in [-0.15, -0.1) is 0 Å². The van der Waals surface area contributed by atoms with Crippen LogP contribution in [0.4, 0.5) is 5.69 Å². The monoisotopic (exact) mass is 355 g/mol. The third kappa shape index (κ3) is 4.10. The number of nitrogens with one attached hydrogen (secondary N) is 2. The lowest BCUT2D eigenvalue weighted by molar-refractivity contribution is 0.220. The summed E-state index contributed by atoms with van der Waals surface area (Å²) in [5, 5.41) is 20.5. The molecule has 2 aliphatic rings. The molecular formula is C18H25N7O. The first-order chi connectivity index (χ1) is 12.7. The molecule has 2 unspecified atom stereocenters. The molecule has 1 aliphatic heterocycles. The summed E-state index contributed by atoms with van der Waals surface area (Å²) in [6.45, 7) is 4.38. The number of rotatable bonds is 8. The Bertz CT molecular complexity index is 685. The van der Waals surface area contributed by atoms with E-state index < -0.39 is 0 Å². The molecule has 0 amide bonds. The van der Waals surface area contributed by atoms with Crippen LogP contribution in [0.1, 0.15) is 31.2 Å². The van der Waals surface area contributed by atoms with Crippen LogP contribution in [-0.2, 0) is 0 Å². The highest BCUT2D eigenvalue weighted by atomic mass is 16.5. The van der Waals surface area contributed by atoms with E-state index >= 15 is 0 Å². The van der Waals surface area contributed by atoms with Gasteiger partial charge >= 0.3 is 0 Å². The van der Waals surface area contributed by atoms with Crippen molar-refractivity contribution in [2.45, 2.75) is 32.6 Å². The second-order valence-corrected chi connectivity index (χ2v) is 7.11. The first kappa shape index (κ1) is 18.1. The third-order valence-corrected chi connectivity index (χ3v) is 5.50. The summed E-state index contributed by atoms with van der Waals surface area (Å²) in [4.78, 5) is 6.16. The summed E-state index contributed by atoms with van der Waals surface area (Å²) in [5.41, 5.74) is 8.48. The Balaban J connectivity index is 1.43. The molecule has 2 N–H and O–H groups in total. The second kappa shape index (κ2) is 8.13. The van der Waals surface area contributed by atoms with Crippen molar-refractivity contribution in [2.24, 2.45) is 23.0 Å². The van der Waals surface area contributed by atoms with Crippen LogP contribution in [0.25, 0.3) is 0 Å². The molecular weight excluding hydrogens is 330 g/mol. The van der Waals surface area contributed by atoms with E-state index in [9.17, 15) is 0 Å². The minimum atomic E-state index is 0.575. The molecule has 1 aliphatic carbocycles. The molecule has 2 fully saturated rings. The van der Waals surface area contributed by atoms with Crippen LogP contribution >= 0.6 is 0 Å². The number of pyridine rings is 1. The van der Waals surface area contributed by atoms with Crippen molar-refractivity contribution >= 4 is 12.0 Å². The number of nitrogens with zero attached hydrogens (tertiary/aromatic N) is 5. The summed E-state index contributed by atoms with van der Waals surface area (Å²) in [5.74, 6) is 2.91. The van der Waals surface area contributed by atoms with Gasteiger partial charge in [0.1, 0.15) is 6.34 Å². The van der Waals surface area contributed by atoms with Crippen LogP contribution in [0.3, 0.4) is 0 Å². The topological polar surface area (TPSA) is 112 Å². The smallest absolute Gasteiger partial charge is 0.216 e. The van der Waals surface area contributed by atoms with E-state index in [0.29, 0.717) is 18.2 Å². The molecule has 0 radical (unpaired) electrons. The average molecular weight is 355 g/mol. The van der Waals surface area contributed by atoms with E-state index in [-0.39, 0.29) is 0 Å². The standard InChI is InChI=1S/C18H25N7O/c1-13-8-16(25(12-20)23-21)10-22-18(13)26-7-4-15-9-17(15)14-2-5-24(11-19)6-3-14/h8,10,12,14-15,17,20-21H,2-7,9H2,1H3. The lowest BCUT2D eigenvalue weighted by Crippen LogP contribution is -2.30. The fourth-order valence-electron chi connectivity index (χ4n) is 3.90. The molecule has 1 aromatic heterocycles. The van der Waals surface area contributed by atoms with Gasteiger partial charge in [0.25, 0.3) is 0 Å². The number of likely N-dealkylation sites (tertiary alicyclic amines) is 1. The molecule has 8 heteroatoms. The van der Waals surface area contributed by atoms with Gasteiger partial charge in [0.15, 0.2) is 6.19 Å². The Labute approximate surface area is 153 Å². The van der Waals surface area contributed by atoms with Crippen LogP contribution < -0.4 is 9.75 Å². The van der Waals surface area contributed by atoms with Crippen LogP contribution in [0.15, 0.2) is 17.5 Å². The molecule has 26 heavy (non-hydrogen) atoms. The summed E-state index contributed by atoms with van der Waals surface area (Å²) in [6.07, 6.45) is 9.39. The zero-order valence-electron chi connectivity index (χ0n) is 15.1. The van der Waals surface area contributed by atoms with Crippen molar-refractivity contribution < 1.29 is 4.74 Å². The summed E-state index contributed by atoms with van der Waals surface area (Å²) < 4.78 is 5.84. The van der Waals surface area contributed by atoms with Gasteiger partial charge in [-0.25, -0.2) is 9.99 Å². The van der Waals surface area contributed by atoms with E-state index in [1.54, 1.807) is 6.20 Å². The molecule has 3 rings (SSSR count). The van der Waals surface area contributed by atoms with Crippen LogP contribution in [-0.4, -0.2) is 35.9 Å². The van der Waals surface area contributed by atoms with Crippen molar-refractivity contribution in [3.8, 4) is 12.1 Å². The SMILES string of the molecule is Cc1cc(N(C=N)N=N)cnc1OCCC1CC1C1CCN(C#N)CC1. The Hall–Kier alpha value is -2.69. The van der Waals surface area contributed by atoms with E-state index in [2.05, 4.69) is 16.4 Å². The Morgan fingerprint density at radius 3 is 2.88 bits per heavy atom. The van der Waals surface area contributed by atoms with Crippen molar-refractivity contribution in [3.05, 3.63) is 17.8 Å². The van der Waals surface area contributed by atoms with Gasteiger partial charge in [0.2, 0.25) is 5.88 Å². The van der Waals surface area contributed by atoms with Crippen LogP contribution in [0.2, 0.25) is 0 Å². The first-order valence-electron chi connectivity index (χ1n) is 9.07. The Morgan fingerprint density at radius 2 is 2.27 bits per heavy atom. The highest BCUT2D eigenvalue weighted by Crippen LogP contribution is 2.49. The van der Waals surface area contributed by atoms with Crippen molar-refractivity contribution in [2.75, 3.05) is 24.7 Å².